The predicted molar refractivity (Wildman–Crippen MR) is 63.0 cm³/mol. The summed E-state index contributed by atoms with van der Waals surface area (Å²) in [6.45, 7) is -0.430. The normalized spacial score (nSPS) is 16.8. The lowest BCUT2D eigenvalue weighted by Gasteiger charge is -2.09. The second-order valence-corrected chi connectivity index (χ2v) is 3.54. The first-order valence-corrected chi connectivity index (χ1v) is 5.17. The number of amides is 2. The Morgan fingerprint density at radius 3 is 2.39 bits per heavy atom. The summed E-state index contributed by atoms with van der Waals surface area (Å²) >= 11 is 0. The van der Waals surface area contributed by atoms with Crippen molar-refractivity contribution in [2.24, 2.45) is 0 Å². The number of carbonyl (C=O) groups is 3. The summed E-state index contributed by atoms with van der Waals surface area (Å²) < 4.78 is 19.3. The van der Waals surface area contributed by atoms with E-state index in [4.69, 9.17) is 2.74 Å². The molecule has 0 fully saturated rings. The number of benzene rings is 1. The van der Waals surface area contributed by atoms with Crippen molar-refractivity contribution < 1.29 is 21.9 Å². The van der Waals surface area contributed by atoms with Crippen LogP contribution in [0.2, 0.25) is 0 Å². The molecule has 0 bridgehead atoms. The zero-order valence-corrected chi connectivity index (χ0v) is 9.60. The molecule has 0 atom stereocenters. The van der Waals surface area contributed by atoms with Crippen LogP contribution in [0.4, 0.5) is 0 Å². The van der Waals surface area contributed by atoms with E-state index in [1.54, 1.807) is 12.1 Å². The van der Waals surface area contributed by atoms with E-state index in [0.29, 0.717) is 0 Å². The van der Waals surface area contributed by atoms with Crippen molar-refractivity contribution in [3.63, 3.8) is 0 Å². The summed E-state index contributed by atoms with van der Waals surface area (Å²) in [6.07, 6.45) is 0. The molecule has 0 spiro atoms. The van der Waals surface area contributed by atoms with E-state index in [1.165, 1.54) is 12.1 Å². The Morgan fingerprint density at radius 1 is 1.33 bits per heavy atom. The molecule has 0 saturated heterocycles. The van der Waals surface area contributed by atoms with Crippen molar-refractivity contribution in [2.45, 2.75) is 0 Å². The molecule has 18 heavy (non-hydrogen) atoms. The molecule has 1 aromatic rings. The third-order valence-electron chi connectivity index (χ3n) is 2.49. The molecule has 1 aliphatic heterocycles. The number of hydrogen-bond donors (Lipinski definition) is 0. The number of hydrogen-bond acceptors (Lipinski definition) is 4. The molecule has 1 heterocycles. The number of esters is 1. The Bertz CT molecular complexity index is 604. The van der Waals surface area contributed by atoms with Crippen LogP contribution in [0.3, 0.4) is 0 Å². The number of carbonyl (C=O) groups excluding carboxylic acids is 3. The summed E-state index contributed by atoms with van der Waals surface area (Å²) in [4.78, 5) is 36.0. The third kappa shape index (κ3) is 2.02. The van der Waals surface area contributed by atoms with Gasteiger partial charge in [0.05, 0.1) is 21.0 Å². The van der Waals surface area contributed by atoms with Crippen molar-refractivity contribution in [1.82, 2.24) is 4.90 Å². The van der Waals surface area contributed by atoms with Gasteiger partial charge in [-0.05, 0) is 12.1 Å². The first-order chi connectivity index (χ1) is 9.47. The van der Waals surface area contributed by atoms with Crippen LogP contribution in [0.1, 0.15) is 23.5 Å². The lowest BCUT2D eigenvalue weighted by molar-refractivity contribution is -0.134. The van der Waals surface area contributed by atoms with E-state index in [-0.39, 0.29) is 11.1 Å². The van der Waals surface area contributed by atoms with E-state index in [2.05, 4.69) is 4.74 Å². The summed E-state index contributed by atoms with van der Waals surface area (Å²) in [7, 11) is 1.09. The van der Waals surface area contributed by atoms with Crippen LogP contribution in [0.15, 0.2) is 36.4 Å². The Balaban J connectivity index is 2.28. The fourth-order valence-corrected chi connectivity index (χ4v) is 1.62. The minimum absolute atomic E-state index is 0.259. The molecule has 2 amide bonds. The lowest BCUT2D eigenvalue weighted by atomic mass is 10.1. The number of ether oxygens (including phenoxy) is 1. The molecule has 0 aromatic heterocycles. The smallest absolute Gasteiger partial charge is 0.330 e. The molecule has 5 nitrogen and oxygen atoms in total. The van der Waals surface area contributed by atoms with Gasteiger partial charge in [-0.1, -0.05) is 18.2 Å². The summed E-state index contributed by atoms with van der Waals surface area (Å²) in [5, 5.41) is 0. The molecule has 0 radical (unpaired) electrons. The van der Waals surface area contributed by atoms with Crippen molar-refractivity contribution in [3.8, 4) is 0 Å². The predicted octanol–water partition coefficient (Wildman–Crippen LogP) is 1.01. The van der Waals surface area contributed by atoms with Gasteiger partial charge in [0.2, 0.25) is 0 Å². The molecule has 0 saturated carbocycles. The van der Waals surface area contributed by atoms with Crippen LogP contribution in [0.25, 0.3) is 0 Å². The molecule has 0 unspecified atom stereocenters. The second kappa shape index (κ2) is 4.83. The summed E-state index contributed by atoms with van der Waals surface area (Å²) in [5.74, 6) is -2.05. The topological polar surface area (TPSA) is 63.7 Å². The van der Waals surface area contributed by atoms with Crippen molar-refractivity contribution >= 4 is 17.8 Å². The highest BCUT2D eigenvalue weighted by Crippen LogP contribution is 2.21. The van der Waals surface area contributed by atoms with Gasteiger partial charge < -0.3 is 4.74 Å². The molecule has 1 aromatic carbocycles. The van der Waals surface area contributed by atoms with Crippen molar-refractivity contribution in [2.75, 3.05) is 13.7 Å². The summed E-state index contributed by atoms with van der Waals surface area (Å²) in [6, 6.07) is 5.18. The fourth-order valence-electron chi connectivity index (χ4n) is 1.62. The van der Waals surface area contributed by atoms with E-state index in [0.717, 1.165) is 12.0 Å². The minimum Gasteiger partial charge on any atom is -0.466 e. The van der Waals surface area contributed by atoms with Crippen LogP contribution < -0.4 is 0 Å². The highest BCUT2D eigenvalue weighted by atomic mass is 16.5. The van der Waals surface area contributed by atoms with Crippen molar-refractivity contribution in [1.29, 1.82) is 0 Å². The molecule has 0 N–H and O–H groups in total. The van der Waals surface area contributed by atoms with Crippen LogP contribution >= 0.6 is 0 Å². The van der Waals surface area contributed by atoms with Gasteiger partial charge in [-0.2, -0.15) is 0 Å². The molecular formula is C13H11NO4. The van der Waals surface area contributed by atoms with Gasteiger partial charge in [-0.25, -0.2) is 4.79 Å². The highest BCUT2D eigenvalue weighted by Gasteiger charge is 2.34. The average molecular weight is 249 g/mol. The first-order valence-electron chi connectivity index (χ1n) is 6.17. The quantitative estimate of drug-likeness (QED) is 0.455. The van der Waals surface area contributed by atoms with Gasteiger partial charge in [0.1, 0.15) is 0 Å². The lowest BCUT2D eigenvalue weighted by Crippen LogP contribution is -2.29. The molecular weight excluding hydrogens is 234 g/mol. The SMILES string of the molecule is [3H]/C(CN1C(=O)c2ccccc2C1=O)=C(\[3H])C(=O)OC. The molecule has 5 heteroatoms. The van der Waals surface area contributed by atoms with Crippen LogP contribution in [-0.2, 0) is 9.53 Å². The maximum atomic E-state index is 12.0. The highest BCUT2D eigenvalue weighted by molar-refractivity contribution is 6.21. The van der Waals surface area contributed by atoms with E-state index in [9.17, 15) is 14.4 Å². The van der Waals surface area contributed by atoms with Gasteiger partial charge in [0, 0.05) is 12.6 Å². The van der Waals surface area contributed by atoms with Crippen LogP contribution in [0, 0.1) is 0 Å². The molecule has 92 valence electrons. The Labute approximate surface area is 106 Å². The first kappa shape index (κ1) is 9.58. The molecule has 0 aliphatic carbocycles. The Morgan fingerprint density at radius 2 is 1.89 bits per heavy atom. The zero-order chi connectivity index (χ0) is 14.9. The van der Waals surface area contributed by atoms with E-state index < -0.39 is 36.4 Å². The van der Waals surface area contributed by atoms with Crippen molar-refractivity contribution in [3.05, 3.63) is 47.5 Å². The van der Waals surface area contributed by atoms with Gasteiger partial charge >= 0.3 is 5.97 Å². The monoisotopic (exact) mass is 249 g/mol. The molecule has 1 aliphatic rings. The average Bonchev–Trinajstić information content (AvgIpc) is 2.71. The number of methoxy groups -OCH3 is 1. The van der Waals surface area contributed by atoms with E-state index >= 15 is 0 Å². The van der Waals surface area contributed by atoms with Gasteiger partial charge in [0.15, 0.2) is 0 Å². The maximum absolute atomic E-state index is 12.0. The number of imide groups is 1. The van der Waals surface area contributed by atoms with E-state index in [1.807, 2.05) is 0 Å². The second-order valence-electron chi connectivity index (χ2n) is 3.54. The number of fused-ring (bicyclic) bond motifs is 1. The maximum Gasteiger partial charge on any atom is 0.330 e. The van der Waals surface area contributed by atoms with Crippen LogP contribution in [-0.4, -0.2) is 36.3 Å². The standard InChI is InChI=1S/C13H11NO4/c1-18-11(15)7-4-8-14-12(16)9-5-2-3-6-10(9)13(14)17/h2-7H,8H2,1H3/b7-4-/i4T,7T. The van der Waals surface area contributed by atoms with Gasteiger partial charge in [-0.15, -0.1) is 0 Å². The molecule has 2 rings (SSSR count). The number of rotatable bonds is 3. The van der Waals surface area contributed by atoms with Gasteiger partial charge in [0.25, 0.3) is 11.8 Å². The summed E-state index contributed by atoms with van der Waals surface area (Å²) in [5.41, 5.74) is 0.518. The fraction of sp³-hybridized carbons (Fsp3) is 0.154. The Kier molecular flexibility index (Phi) is 2.57. The third-order valence-corrected chi connectivity index (χ3v) is 2.49. The minimum atomic E-state index is -0.980. The zero-order valence-electron chi connectivity index (χ0n) is 11.6. The van der Waals surface area contributed by atoms with Gasteiger partial charge in [-0.3, -0.25) is 14.5 Å². The van der Waals surface area contributed by atoms with Crippen LogP contribution in [0.5, 0.6) is 0 Å². The number of nitrogens with zero attached hydrogens (tertiary/aromatic N) is 1. The Hall–Kier alpha value is -2.43. The largest absolute Gasteiger partial charge is 0.466 e.